The first-order valence-electron chi connectivity index (χ1n) is 8.17. The third kappa shape index (κ3) is 6.91. The molecule has 0 spiro atoms. The van der Waals surface area contributed by atoms with E-state index in [0.29, 0.717) is 13.1 Å². The maximum atomic E-state index is 13.9. The van der Waals surface area contributed by atoms with Crippen molar-refractivity contribution in [2.24, 2.45) is 0 Å². The van der Waals surface area contributed by atoms with Crippen molar-refractivity contribution in [3.05, 3.63) is 66.0 Å². The van der Waals surface area contributed by atoms with Crippen molar-refractivity contribution in [2.45, 2.75) is 17.4 Å². The van der Waals surface area contributed by atoms with Gasteiger partial charge < -0.3 is 10.6 Å². The molecular formula is C18H23ClFN3O3S. The summed E-state index contributed by atoms with van der Waals surface area (Å²) in [6.45, 7) is 0.895. The van der Waals surface area contributed by atoms with Gasteiger partial charge in [0.05, 0.1) is 0 Å². The van der Waals surface area contributed by atoms with Gasteiger partial charge in [-0.05, 0) is 31.2 Å². The zero-order valence-corrected chi connectivity index (χ0v) is 16.4. The van der Waals surface area contributed by atoms with E-state index >= 15 is 0 Å². The molecular weight excluding hydrogens is 393 g/mol. The van der Waals surface area contributed by atoms with Crippen LogP contribution >= 0.6 is 12.4 Å². The van der Waals surface area contributed by atoms with Crippen molar-refractivity contribution >= 4 is 28.3 Å². The number of halogens is 2. The first kappa shape index (κ1) is 23.0. The van der Waals surface area contributed by atoms with E-state index in [9.17, 15) is 17.6 Å². The summed E-state index contributed by atoms with van der Waals surface area (Å²) >= 11 is 0. The number of carbonyl (C=O) groups excluding carboxylic acids is 1. The van der Waals surface area contributed by atoms with Gasteiger partial charge in [-0.25, -0.2) is 12.8 Å². The van der Waals surface area contributed by atoms with Crippen LogP contribution in [-0.2, 0) is 21.2 Å². The third-order valence-corrected chi connectivity index (χ3v) is 5.20. The van der Waals surface area contributed by atoms with Crippen molar-refractivity contribution in [3.63, 3.8) is 0 Å². The topological polar surface area (TPSA) is 87.3 Å². The Morgan fingerprint density at radius 3 is 2.30 bits per heavy atom. The fourth-order valence-electron chi connectivity index (χ4n) is 2.39. The van der Waals surface area contributed by atoms with E-state index in [0.717, 1.165) is 17.7 Å². The Hall–Kier alpha value is -2.00. The van der Waals surface area contributed by atoms with Crippen LogP contribution in [0.15, 0.2) is 59.5 Å². The van der Waals surface area contributed by atoms with E-state index < -0.39 is 32.7 Å². The van der Waals surface area contributed by atoms with E-state index in [1.165, 1.54) is 12.1 Å². The molecule has 0 saturated carbocycles. The van der Waals surface area contributed by atoms with Gasteiger partial charge in [0.25, 0.3) is 0 Å². The van der Waals surface area contributed by atoms with Crippen LogP contribution in [0.3, 0.4) is 0 Å². The third-order valence-electron chi connectivity index (χ3n) is 3.70. The van der Waals surface area contributed by atoms with Crippen LogP contribution in [0.4, 0.5) is 4.39 Å². The molecule has 148 valence electrons. The van der Waals surface area contributed by atoms with E-state index in [1.807, 2.05) is 6.07 Å². The maximum Gasteiger partial charge on any atom is 0.244 e. The Morgan fingerprint density at radius 2 is 1.67 bits per heavy atom. The highest BCUT2D eigenvalue weighted by Gasteiger charge is 2.27. The molecule has 9 heteroatoms. The number of hydrogen-bond acceptors (Lipinski definition) is 4. The van der Waals surface area contributed by atoms with Crippen molar-refractivity contribution < 1.29 is 17.6 Å². The molecule has 1 atom stereocenters. The number of nitrogens with one attached hydrogen (secondary N) is 3. The van der Waals surface area contributed by atoms with Crippen LogP contribution < -0.4 is 15.4 Å². The lowest BCUT2D eigenvalue weighted by molar-refractivity contribution is -0.122. The second kappa shape index (κ2) is 11.0. The number of sulfonamides is 1. The highest BCUT2D eigenvalue weighted by molar-refractivity contribution is 7.89. The Morgan fingerprint density at radius 1 is 1.04 bits per heavy atom. The molecule has 27 heavy (non-hydrogen) atoms. The number of carbonyl (C=O) groups is 1. The molecule has 0 radical (unpaired) electrons. The SMILES string of the molecule is CNCCNC(=O)C(Cc1ccccc1)NS(=O)(=O)c1ccccc1F.Cl. The Kier molecular flexibility index (Phi) is 9.37. The molecule has 2 aromatic rings. The largest absolute Gasteiger partial charge is 0.353 e. The molecule has 0 aliphatic carbocycles. The summed E-state index contributed by atoms with van der Waals surface area (Å²) in [5.74, 6) is -1.34. The van der Waals surface area contributed by atoms with Gasteiger partial charge in [-0.3, -0.25) is 4.79 Å². The standard InChI is InChI=1S/C18H22FN3O3S.ClH/c1-20-11-12-21-18(23)16(13-14-7-3-2-4-8-14)22-26(24,25)17-10-6-5-9-15(17)19;/h2-10,16,20,22H,11-13H2,1H3,(H,21,23);1H. The second-order valence-electron chi connectivity index (χ2n) is 5.69. The average molecular weight is 416 g/mol. The number of hydrogen-bond donors (Lipinski definition) is 3. The normalized spacial score (nSPS) is 12.1. The predicted molar refractivity (Wildman–Crippen MR) is 105 cm³/mol. The summed E-state index contributed by atoms with van der Waals surface area (Å²) in [5, 5.41) is 5.56. The van der Waals surface area contributed by atoms with Crippen LogP contribution in [0.5, 0.6) is 0 Å². The molecule has 0 bridgehead atoms. The molecule has 6 nitrogen and oxygen atoms in total. The quantitative estimate of drug-likeness (QED) is 0.541. The molecule has 2 rings (SSSR count). The molecule has 0 aliphatic heterocycles. The zero-order chi connectivity index (χ0) is 19.0. The van der Waals surface area contributed by atoms with Gasteiger partial charge in [-0.15, -0.1) is 12.4 Å². The van der Waals surface area contributed by atoms with Crippen LogP contribution in [-0.4, -0.2) is 40.5 Å². The minimum Gasteiger partial charge on any atom is -0.353 e. The fourth-order valence-corrected chi connectivity index (χ4v) is 3.66. The van der Waals surface area contributed by atoms with Crippen molar-refractivity contribution in [1.29, 1.82) is 0 Å². The first-order valence-corrected chi connectivity index (χ1v) is 9.65. The number of amides is 1. The minimum atomic E-state index is -4.19. The molecule has 0 aromatic heterocycles. The predicted octanol–water partition coefficient (Wildman–Crippen LogP) is 1.47. The van der Waals surface area contributed by atoms with E-state index in [-0.39, 0.29) is 18.8 Å². The van der Waals surface area contributed by atoms with Gasteiger partial charge in [0.2, 0.25) is 15.9 Å². The zero-order valence-electron chi connectivity index (χ0n) is 14.8. The van der Waals surface area contributed by atoms with Crippen LogP contribution in [0.1, 0.15) is 5.56 Å². The fraction of sp³-hybridized carbons (Fsp3) is 0.278. The van der Waals surface area contributed by atoms with Gasteiger partial charge >= 0.3 is 0 Å². The molecule has 0 heterocycles. The Bertz CT molecular complexity index is 835. The lowest BCUT2D eigenvalue weighted by Crippen LogP contribution is -2.49. The summed E-state index contributed by atoms with van der Waals surface area (Å²) in [6.07, 6.45) is 0.153. The smallest absolute Gasteiger partial charge is 0.244 e. The highest BCUT2D eigenvalue weighted by atomic mass is 35.5. The molecule has 1 amide bonds. The van der Waals surface area contributed by atoms with Gasteiger partial charge in [0.1, 0.15) is 16.8 Å². The summed E-state index contributed by atoms with van der Waals surface area (Å²) < 4.78 is 41.3. The van der Waals surface area contributed by atoms with Gasteiger partial charge in [0.15, 0.2) is 0 Å². The summed E-state index contributed by atoms with van der Waals surface area (Å²) in [4.78, 5) is 12.0. The average Bonchev–Trinajstić information content (AvgIpc) is 2.62. The summed E-state index contributed by atoms with van der Waals surface area (Å²) in [7, 11) is -2.44. The van der Waals surface area contributed by atoms with E-state index in [2.05, 4.69) is 15.4 Å². The van der Waals surface area contributed by atoms with Crippen LogP contribution in [0.25, 0.3) is 0 Å². The van der Waals surface area contributed by atoms with E-state index in [1.54, 1.807) is 31.3 Å². The van der Waals surface area contributed by atoms with Gasteiger partial charge in [-0.2, -0.15) is 4.72 Å². The highest BCUT2D eigenvalue weighted by Crippen LogP contribution is 2.15. The number of benzene rings is 2. The molecule has 0 aliphatic rings. The second-order valence-corrected chi connectivity index (χ2v) is 7.37. The van der Waals surface area contributed by atoms with Crippen LogP contribution in [0, 0.1) is 5.82 Å². The summed E-state index contributed by atoms with van der Waals surface area (Å²) in [6, 6.07) is 13.0. The molecule has 2 aromatic carbocycles. The minimum absolute atomic E-state index is 0. The molecule has 0 saturated heterocycles. The van der Waals surface area contributed by atoms with Crippen molar-refractivity contribution in [2.75, 3.05) is 20.1 Å². The van der Waals surface area contributed by atoms with Crippen molar-refractivity contribution in [1.82, 2.24) is 15.4 Å². The molecule has 3 N–H and O–H groups in total. The maximum absolute atomic E-state index is 13.9. The van der Waals surface area contributed by atoms with Gasteiger partial charge in [-0.1, -0.05) is 42.5 Å². The monoisotopic (exact) mass is 415 g/mol. The number of rotatable bonds is 9. The molecule has 1 unspecified atom stereocenters. The van der Waals surface area contributed by atoms with E-state index in [4.69, 9.17) is 0 Å². The molecule has 0 fully saturated rings. The Balaban J connectivity index is 0.00000364. The first-order chi connectivity index (χ1) is 12.4. The van der Waals surface area contributed by atoms with Gasteiger partial charge in [0, 0.05) is 13.1 Å². The number of likely N-dealkylation sites (N-methyl/N-ethyl adjacent to an activating group) is 1. The van der Waals surface area contributed by atoms with Crippen LogP contribution in [0.2, 0.25) is 0 Å². The summed E-state index contributed by atoms with van der Waals surface area (Å²) in [5.41, 5.74) is 0.789. The lowest BCUT2D eigenvalue weighted by atomic mass is 10.1. The lowest BCUT2D eigenvalue weighted by Gasteiger charge is -2.19. The Labute approximate surface area is 165 Å². The van der Waals surface area contributed by atoms with Crippen molar-refractivity contribution in [3.8, 4) is 0 Å².